The van der Waals surface area contributed by atoms with E-state index in [-0.39, 0.29) is 23.1 Å². The minimum absolute atomic E-state index is 0.240. The van der Waals surface area contributed by atoms with E-state index in [9.17, 15) is 19.2 Å². The Labute approximate surface area is 225 Å². The summed E-state index contributed by atoms with van der Waals surface area (Å²) in [7, 11) is 0. The fourth-order valence-corrected chi connectivity index (χ4v) is 7.73. The molecule has 0 saturated carbocycles. The van der Waals surface area contributed by atoms with Crippen LogP contribution in [0.15, 0.2) is 48.5 Å². The van der Waals surface area contributed by atoms with Gasteiger partial charge in [0.1, 0.15) is 9.49 Å². The predicted octanol–water partition coefficient (Wildman–Crippen LogP) is 8.08. The maximum absolute atomic E-state index is 14.0. The highest BCUT2D eigenvalue weighted by molar-refractivity contribution is 8.05. The Kier molecular flexibility index (Phi) is 8.84. The average Bonchev–Trinajstić information content (AvgIpc) is 3.25. The maximum atomic E-state index is 14.0. The Morgan fingerprint density at radius 1 is 0.486 bits per heavy atom. The van der Waals surface area contributed by atoms with Crippen LogP contribution in [-0.2, 0) is 0 Å². The van der Waals surface area contributed by atoms with Gasteiger partial charge < -0.3 is 0 Å². The highest BCUT2D eigenvalue weighted by atomic mass is 32.2. The lowest BCUT2D eigenvalue weighted by Gasteiger charge is -2.35. The van der Waals surface area contributed by atoms with Gasteiger partial charge in [-0.3, -0.25) is 19.2 Å². The molecule has 0 heterocycles. The molecule has 4 rings (SSSR count). The third-order valence-electron chi connectivity index (χ3n) is 7.91. The lowest BCUT2D eigenvalue weighted by atomic mass is 9.93. The van der Waals surface area contributed by atoms with Crippen molar-refractivity contribution < 1.29 is 19.2 Å². The second-order valence-electron chi connectivity index (χ2n) is 10.5. The maximum Gasteiger partial charge on any atom is 0.187 e. The first kappa shape index (κ1) is 27.5. The van der Waals surface area contributed by atoms with Crippen LogP contribution in [0.25, 0.3) is 0 Å². The van der Waals surface area contributed by atoms with E-state index in [4.69, 9.17) is 0 Å². The number of Topliss-reactive ketones (excluding diaryl/α,β-unsaturated/α-hetero) is 4. The molecule has 0 saturated heterocycles. The smallest absolute Gasteiger partial charge is 0.187 e. The lowest BCUT2D eigenvalue weighted by Crippen LogP contribution is -2.48. The molecule has 0 aromatic heterocycles. The summed E-state index contributed by atoms with van der Waals surface area (Å²) in [5, 5.41) is 0. The second-order valence-corrected chi connectivity index (χ2v) is 12.1. The van der Waals surface area contributed by atoms with E-state index in [0.717, 1.165) is 63.1 Å². The largest absolute Gasteiger partial charge is 0.292 e. The summed E-state index contributed by atoms with van der Waals surface area (Å²) >= 11 is 1.08. The quantitative estimate of drug-likeness (QED) is 0.187. The number of thioether (sulfide) groups is 1. The molecule has 0 atom stereocenters. The van der Waals surface area contributed by atoms with Gasteiger partial charge in [-0.1, -0.05) is 127 Å². The SMILES string of the molecule is CCCCCCCC1(SC2(CCCCCCC)C(=O)c3ccccc3C2=O)C(=O)c2ccccc2C1=O. The van der Waals surface area contributed by atoms with Gasteiger partial charge in [0.25, 0.3) is 0 Å². The molecule has 2 aliphatic carbocycles. The third-order valence-corrected chi connectivity index (χ3v) is 9.76. The van der Waals surface area contributed by atoms with E-state index in [0.29, 0.717) is 47.9 Å². The van der Waals surface area contributed by atoms with Gasteiger partial charge in [-0.2, -0.15) is 0 Å². The van der Waals surface area contributed by atoms with Gasteiger partial charge in [-0.15, -0.1) is 11.8 Å². The van der Waals surface area contributed by atoms with Gasteiger partial charge in [0, 0.05) is 22.3 Å². The highest BCUT2D eigenvalue weighted by Gasteiger charge is 2.62. The molecule has 0 radical (unpaired) electrons. The summed E-state index contributed by atoms with van der Waals surface area (Å²) in [4.78, 5) is 56.1. The van der Waals surface area contributed by atoms with Crippen LogP contribution >= 0.6 is 11.8 Å². The number of fused-ring (bicyclic) bond motifs is 2. The zero-order valence-corrected chi connectivity index (χ0v) is 23.0. The first-order valence-corrected chi connectivity index (χ1v) is 14.8. The van der Waals surface area contributed by atoms with Crippen molar-refractivity contribution in [3.8, 4) is 0 Å². The van der Waals surface area contributed by atoms with Gasteiger partial charge in [-0.05, 0) is 12.8 Å². The fraction of sp³-hybridized carbons (Fsp3) is 0.500. The van der Waals surface area contributed by atoms with Crippen molar-refractivity contribution in [2.45, 2.75) is 100 Å². The number of carbonyl (C=O) groups is 4. The first-order valence-electron chi connectivity index (χ1n) is 14.0. The molecule has 0 aliphatic heterocycles. The van der Waals surface area contributed by atoms with Crippen LogP contribution in [0, 0.1) is 0 Å². The minimum atomic E-state index is -1.44. The van der Waals surface area contributed by atoms with Gasteiger partial charge in [-0.25, -0.2) is 0 Å². The molecule has 2 aliphatic rings. The normalized spacial score (nSPS) is 17.4. The monoisotopic (exact) mass is 518 g/mol. The van der Waals surface area contributed by atoms with Crippen molar-refractivity contribution in [2.24, 2.45) is 0 Å². The molecule has 0 fully saturated rings. The number of hydrogen-bond acceptors (Lipinski definition) is 5. The molecule has 0 unspecified atom stereocenters. The average molecular weight is 519 g/mol. The number of benzene rings is 2. The van der Waals surface area contributed by atoms with E-state index in [1.807, 2.05) is 0 Å². The zero-order valence-electron chi connectivity index (χ0n) is 22.1. The van der Waals surface area contributed by atoms with Gasteiger partial charge in [0.05, 0.1) is 0 Å². The van der Waals surface area contributed by atoms with Crippen LogP contribution in [0.4, 0.5) is 0 Å². The van der Waals surface area contributed by atoms with Crippen LogP contribution in [0.5, 0.6) is 0 Å². The van der Waals surface area contributed by atoms with Gasteiger partial charge in [0.15, 0.2) is 23.1 Å². The number of ketones is 4. The Morgan fingerprint density at radius 2 is 0.784 bits per heavy atom. The van der Waals surface area contributed by atoms with Crippen LogP contribution in [0.2, 0.25) is 0 Å². The summed E-state index contributed by atoms with van der Waals surface area (Å²) in [6.45, 7) is 4.30. The number of carbonyl (C=O) groups excluding carboxylic acids is 4. The standard InChI is InChI=1S/C32H38O4S/c1-3-5-7-9-15-21-31(27(33)23-17-11-12-18-24(23)28(31)34)37-32(22-16-10-8-6-4-2)29(35)25-19-13-14-20-26(25)30(32)36/h11-14,17-20H,3-10,15-16,21-22H2,1-2H3. The summed E-state index contributed by atoms with van der Waals surface area (Å²) in [6.07, 6.45) is 10.4. The van der Waals surface area contributed by atoms with Gasteiger partial charge in [0.2, 0.25) is 0 Å². The molecule has 0 bridgehead atoms. The Balaban J connectivity index is 1.73. The van der Waals surface area contributed by atoms with Crippen molar-refractivity contribution in [2.75, 3.05) is 0 Å². The van der Waals surface area contributed by atoms with Crippen molar-refractivity contribution in [3.05, 3.63) is 70.8 Å². The van der Waals surface area contributed by atoms with E-state index >= 15 is 0 Å². The summed E-state index contributed by atoms with van der Waals surface area (Å²) in [5.41, 5.74) is 1.67. The number of rotatable bonds is 14. The molecule has 2 aromatic carbocycles. The molecule has 0 amide bonds. The second kappa shape index (κ2) is 11.9. The lowest BCUT2D eigenvalue weighted by molar-refractivity contribution is 0.0850. The summed E-state index contributed by atoms with van der Waals surface area (Å²) in [5.74, 6) is -0.961. The third kappa shape index (κ3) is 4.99. The van der Waals surface area contributed by atoms with Crippen LogP contribution < -0.4 is 0 Å². The van der Waals surface area contributed by atoms with E-state index in [2.05, 4.69) is 13.8 Å². The number of hydrogen-bond donors (Lipinski definition) is 0. The molecule has 196 valence electrons. The van der Waals surface area contributed by atoms with Crippen LogP contribution in [0.1, 0.15) is 132 Å². The Hall–Kier alpha value is -2.53. The fourth-order valence-electron chi connectivity index (χ4n) is 5.83. The number of unbranched alkanes of at least 4 members (excludes halogenated alkanes) is 8. The summed E-state index contributed by atoms with van der Waals surface area (Å²) in [6, 6.07) is 13.9. The molecule has 37 heavy (non-hydrogen) atoms. The molecule has 5 heteroatoms. The minimum Gasteiger partial charge on any atom is -0.292 e. The Bertz CT molecular complexity index is 1020. The molecule has 4 nitrogen and oxygen atoms in total. The molecule has 0 spiro atoms. The van der Waals surface area contributed by atoms with Crippen molar-refractivity contribution in [1.29, 1.82) is 0 Å². The Morgan fingerprint density at radius 3 is 1.08 bits per heavy atom. The zero-order chi connectivity index (χ0) is 26.5. The molecule has 0 N–H and O–H groups in total. The predicted molar refractivity (Wildman–Crippen MR) is 150 cm³/mol. The van der Waals surface area contributed by atoms with Crippen molar-refractivity contribution >= 4 is 34.9 Å². The van der Waals surface area contributed by atoms with Crippen molar-refractivity contribution in [1.82, 2.24) is 0 Å². The van der Waals surface area contributed by atoms with Crippen molar-refractivity contribution in [3.63, 3.8) is 0 Å². The van der Waals surface area contributed by atoms with Crippen LogP contribution in [-0.4, -0.2) is 32.6 Å². The molecule has 2 aromatic rings. The van der Waals surface area contributed by atoms with E-state index in [1.165, 1.54) is 0 Å². The summed E-state index contributed by atoms with van der Waals surface area (Å²) < 4.78 is -2.88. The van der Waals surface area contributed by atoms with E-state index in [1.54, 1.807) is 48.5 Å². The van der Waals surface area contributed by atoms with Crippen LogP contribution in [0.3, 0.4) is 0 Å². The molecular formula is C32H38O4S. The first-order chi connectivity index (χ1) is 17.9. The van der Waals surface area contributed by atoms with Gasteiger partial charge >= 0.3 is 0 Å². The van der Waals surface area contributed by atoms with E-state index < -0.39 is 9.49 Å². The molecular weight excluding hydrogens is 480 g/mol. The highest BCUT2D eigenvalue weighted by Crippen LogP contribution is 2.54. The topological polar surface area (TPSA) is 68.3 Å².